The van der Waals surface area contributed by atoms with Gasteiger partial charge in [0.2, 0.25) is 5.91 Å². The Balaban J connectivity index is 2.19. The zero-order valence-corrected chi connectivity index (χ0v) is 14.1. The summed E-state index contributed by atoms with van der Waals surface area (Å²) in [6, 6.07) is 9.35. The van der Waals surface area contributed by atoms with Crippen LogP contribution in [0.5, 0.6) is 0 Å². The van der Waals surface area contributed by atoms with Crippen LogP contribution >= 0.6 is 0 Å². The Bertz CT molecular complexity index is 611. The molecule has 0 fully saturated rings. The molecular weight excluding hydrogens is 306 g/mol. The van der Waals surface area contributed by atoms with Crippen molar-refractivity contribution in [3.05, 3.63) is 60.7 Å². The van der Waals surface area contributed by atoms with Crippen LogP contribution in [0.4, 0.5) is 0 Å². The van der Waals surface area contributed by atoms with E-state index in [4.69, 9.17) is 9.47 Å². The Kier molecular flexibility index (Phi) is 6.32. The van der Waals surface area contributed by atoms with E-state index in [2.05, 4.69) is 6.58 Å². The van der Waals surface area contributed by atoms with E-state index < -0.39 is 18.1 Å². The van der Waals surface area contributed by atoms with E-state index in [-0.39, 0.29) is 12.0 Å². The molecule has 5 nitrogen and oxygen atoms in total. The van der Waals surface area contributed by atoms with Crippen molar-refractivity contribution in [1.29, 1.82) is 0 Å². The van der Waals surface area contributed by atoms with Crippen LogP contribution in [0, 0.1) is 0 Å². The molecule has 1 aliphatic rings. The second-order valence-electron chi connectivity index (χ2n) is 5.66. The lowest BCUT2D eigenvalue weighted by atomic mass is 9.98. The molecule has 128 valence electrons. The third-order valence-corrected chi connectivity index (χ3v) is 3.89. The molecule has 0 saturated heterocycles. The van der Waals surface area contributed by atoms with Gasteiger partial charge in [0.1, 0.15) is 18.2 Å². The largest absolute Gasteiger partial charge is 0.456 e. The topological polar surface area (TPSA) is 55.8 Å². The number of benzene rings is 1. The van der Waals surface area contributed by atoms with Gasteiger partial charge < -0.3 is 14.4 Å². The van der Waals surface area contributed by atoms with Crippen molar-refractivity contribution in [2.24, 2.45) is 0 Å². The number of rotatable bonds is 6. The molecule has 1 aromatic carbocycles. The lowest BCUT2D eigenvalue weighted by Gasteiger charge is -2.40. The van der Waals surface area contributed by atoms with Gasteiger partial charge in [0, 0.05) is 20.4 Å². The summed E-state index contributed by atoms with van der Waals surface area (Å²) in [7, 11) is 0. The predicted octanol–water partition coefficient (Wildman–Crippen LogP) is 2.48. The maximum atomic E-state index is 12.0. The van der Waals surface area contributed by atoms with E-state index in [1.54, 1.807) is 11.0 Å². The van der Waals surface area contributed by atoms with Gasteiger partial charge in [-0.3, -0.25) is 9.59 Å². The highest BCUT2D eigenvalue weighted by Gasteiger charge is 2.37. The number of esters is 1. The minimum atomic E-state index is -0.628. The first kappa shape index (κ1) is 17.9. The van der Waals surface area contributed by atoms with E-state index >= 15 is 0 Å². The van der Waals surface area contributed by atoms with E-state index in [0.717, 1.165) is 5.56 Å². The second kappa shape index (κ2) is 8.45. The molecule has 0 saturated carbocycles. The van der Waals surface area contributed by atoms with Gasteiger partial charge in [0.25, 0.3) is 0 Å². The summed E-state index contributed by atoms with van der Waals surface area (Å²) in [5.41, 5.74) is 1.03. The van der Waals surface area contributed by atoms with Crippen molar-refractivity contribution in [2.75, 3.05) is 6.54 Å². The fourth-order valence-electron chi connectivity index (χ4n) is 2.79. The molecule has 0 N–H and O–H groups in total. The molecule has 24 heavy (non-hydrogen) atoms. The van der Waals surface area contributed by atoms with Crippen LogP contribution in [0.1, 0.15) is 19.4 Å². The van der Waals surface area contributed by atoms with E-state index in [1.807, 2.05) is 42.5 Å². The van der Waals surface area contributed by atoms with Gasteiger partial charge in [-0.15, -0.1) is 0 Å². The first-order valence-electron chi connectivity index (χ1n) is 7.92. The molecule has 0 spiro atoms. The molecule has 0 aliphatic carbocycles. The molecule has 2 rings (SSSR count). The van der Waals surface area contributed by atoms with Crippen molar-refractivity contribution in [3.8, 4) is 0 Å². The van der Waals surface area contributed by atoms with Crippen LogP contribution in [0.25, 0.3) is 0 Å². The van der Waals surface area contributed by atoms with Gasteiger partial charge in [0.05, 0.1) is 6.61 Å². The molecule has 1 amide bonds. The SMILES string of the molecule is C=C[C@@H](OC(C)=O)[C@H]1[C@H](OCc2ccccc2)C=CCN1C(C)=O. The maximum Gasteiger partial charge on any atom is 0.303 e. The predicted molar refractivity (Wildman–Crippen MR) is 91.1 cm³/mol. The van der Waals surface area contributed by atoms with Crippen molar-refractivity contribution >= 4 is 11.9 Å². The van der Waals surface area contributed by atoms with Gasteiger partial charge in [-0.2, -0.15) is 0 Å². The molecular formula is C19H23NO4. The normalized spacial score (nSPS) is 21.2. The molecule has 0 aromatic heterocycles. The minimum absolute atomic E-state index is 0.100. The summed E-state index contributed by atoms with van der Waals surface area (Å²) in [6.45, 7) is 7.44. The van der Waals surface area contributed by atoms with Crippen molar-refractivity contribution < 1.29 is 19.1 Å². The lowest BCUT2D eigenvalue weighted by Crippen LogP contribution is -2.55. The molecule has 0 unspecified atom stereocenters. The van der Waals surface area contributed by atoms with Crippen LogP contribution < -0.4 is 0 Å². The van der Waals surface area contributed by atoms with Crippen LogP contribution in [-0.4, -0.2) is 41.6 Å². The number of hydrogen-bond donors (Lipinski definition) is 0. The monoisotopic (exact) mass is 329 g/mol. The van der Waals surface area contributed by atoms with Crippen molar-refractivity contribution in [3.63, 3.8) is 0 Å². The number of nitrogens with zero attached hydrogens (tertiary/aromatic N) is 1. The zero-order chi connectivity index (χ0) is 17.5. The highest BCUT2D eigenvalue weighted by molar-refractivity contribution is 5.74. The Morgan fingerprint density at radius 2 is 2.04 bits per heavy atom. The standard InChI is InChI=1S/C19H23NO4/c1-4-17(24-15(3)22)19-18(11-8-12-20(19)14(2)21)23-13-16-9-6-5-7-10-16/h4-11,17-19H,1,12-13H2,2-3H3/t17-,18-,19+/m1/s1. The maximum absolute atomic E-state index is 12.0. The smallest absolute Gasteiger partial charge is 0.303 e. The molecule has 5 heteroatoms. The Morgan fingerprint density at radius 3 is 2.62 bits per heavy atom. The van der Waals surface area contributed by atoms with Gasteiger partial charge in [0.15, 0.2) is 0 Å². The Labute approximate surface area is 142 Å². The number of amides is 1. The van der Waals surface area contributed by atoms with Crippen LogP contribution in [0.2, 0.25) is 0 Å². The third-order valence-electron chi connectivity index (χ3n) is 3.89. The Hall–Kier alpha value is -2.40. The Morgan fingerprint density at radius 1 is 1.33 bits per heavy atom. The van der Waals surface area contributed by atoms with E-state index in [0.29, 0.717) is 13.2 Å². The zero-order valence-electron chi connectivity index (χ0n) is 14.1. The number of hydrogen-bond acceptors (Lipinski definition) is 4. The second-order valence-corrected chi connectivity index (χ2v) is 5.66. The molecule has 3 atom stereocenters. The number of ether oxygens (including phenoxy) is 2. The van der Waals surface area contributed by atoms with Crippen LogP contribution in [0.15, 0.2) is 55.1 Å². The average molecular weight is 329 g/mol. The summed E-state index contributed by atoms with van der Waals surface area (Å²) in [5, 5.41) is 0. The highest BCUT2D eigenvalue weighted by Crippen LogP contribution is 2.23. The molecule has 1 aromatic rings. The van der Waals surface area contributed by atoms with E-state index in [1.165, 1.54) is 13.8 Å². The van der Waals surface area contributed by atoms with Crippen molar-refractivity contribution in [1.82, 2.24) is 4.90 Å². The fourth-order valence-corrected chi connectivity index (χ4v) is 2.79. The van der Waals surface area contributed by atoms with Crippen LogP contribution in [-0.2, 0) is 25.7 Å². The lowest BCUT2D eigenvalue weighted by molar-refractivity contribution is -0.155. The van der Waals surface area contributed by atoms with Gasteiger partial charge in [-0.05, 0) is 11.6 Å². The van der Waals surface area contributed by atoms with E-state index in [9.17, 15) is 9.59 Å². The summed E-state index contributed by atoms with van der Waals surface area (Å²) in [4.78, 5) is 25.0. The summed E-state index contributed by atoms with van der Waals surface area (Å²) in [5.74, 6) is -0.517. The fraction of sp³-hybridized carbons (Fsp3) is 0.368. The summed E-state index contributed by atoms with van der Waals surface area (Å²) < 4.78 is 11.3. The molecule has 0 radical (unpaired) electrons. The van der Waals surface area contributed by atoms with Gasteiger partial charge in [-0.25, -0.2) is 0 Å². The molecule has 1 heterocycles. The first-order chi connectivity index (χ1) is 11.5. The molecule has 1 aliphatic heterocycles. The first-order valence-corrected chi connectivity index (χ1v) is 7.92. The number of carbonyl (C=O) groups excluding carboxylic acids is 2. The highest BCUT2D eigenvalue weighted by atomic mass is 16.5. The summed E-state index contributed by atoms with van der Waals surface area (Å²) >= 11 is 0. The van der Waals surface area contributed by atoms with Gasteiger partial charge >= 0.3 is 5.97 Å². The summed E-state index contributed by atoms with van der Waals surface area (Å²) in [6.07, 6.45) is 4.33. The third kappa shape index (κ3) is 4.55. The average Bonchev–Trinajstić information content (AvgIpc) is 2.58. The minimum Gasteiger partial charge on any atom is -0.456 e. The van der Waals surface area contributed by atoms with Crippen molar-refractivity contribution in [2.45, 2.75) is 38.7 Å². The van der Waals surface area contributed by atoms with Gasteiger partial charge in [-0.1, -0.05) is 49.1 Å². The quantitative estimate of drug-likeness (QED) is 0.594. The number of carbonyl (C=O) groups is 2. The molecule has 0 bridgehead atoms. The van der Waals surface area contributed by atoms with Crippen LogP contribution in [0.3, 0.4) is 0 Å².